The van der Waals surface area contributed by atoms with Crippen LogP contribution in [0.15, 0.2) is 36.7 Å². The van der Waals surface area contributed by atoms with Gasteiger partial charge in [-0.1, -0.05) is 30.3 Å². The van der Waals surface area contributed by atoms with Crippen LogP contribution in [0, 0.1) is 0 Å². The number of nitrogens with one attached hydrogen (secondary N) is 3. The van der Waals surface area contributed by atoms with E-state index < -0.39 is 41.1 Å². The van der Waals surface area contributed by atoms with E-state index in [1.807, 2.05) is 30.3 Å². The van der Waals surface area contributed by atoms with Gasteiger partial charge in [-0.25, -0.2) is 14.6 Å². The van der Waals surface area contributed by atoms with Crippen molar-refractivity contribution in [1.82, 2.24) is 25.5 Å². The average molecular weight is 544 g/mol. The Morgan fingerprint density at radius 1 is 0.974 bits per heavy atom. The molecule has 1 heterocycles. The van der Waals surface area contributed by atoms with Crippen molar-refractivity contribution in [2.24, 2.45) is 0 Å². The summed E-state index contributed by atoms with van der Waals surface area (Å²) in [5.74, 6) is -1.68. The van der Waals surface area contributed by atoms with Gasteiger partial charge in [0.15, 0.2) is 5.69 Å². The summed E-state index contributed by atoms with van der Waals surface area (Å²) in [7, 11) is 1.63. The molecule has 2 aromatic rings. The molecule has 0 aliphatic carbocycles. The molecule has 0 saturated carbocycles. The van der Waals surface area contributed by atoms with E-state index in [2.05, 4.69) is 20.6 Å². The number of alkyl carbamates (subject to hydrolysis) is 1. The summed E-state index contributed by atoms with van der Waals surface area (Å²) in [4.78, 5) is 59.2. The Morgan fingerprint density at radius 3 is 2.23 bits per heavy atom. The van der Waals surface area contributed by atoms with Crippen molar-refractivity contribution < 1.29 is 28.7 Å². The number of hydrogen-bond donors (Lipinski definition) is 3. The smallest absolute Gasteiger partial charge is 0.407 e. The van der Waals surface area contributed by atoms with Gasteiger partial charge in [0.2, 0.25) is 0 Å². The van der Waals surface area contributed by atoms with Crippen LogP contribution < -0.4 is 10.6 Å². The summed E-state index contributed by atoms with van der Waals surface area (Å²) < 4.78 is 10.7. The number of hydrogen-bond acceptors (Lipinski definition) is 7. The maximum atomic E-state index is 13.2. The lowest BCUT2D eigenvalue weighted by Gasteiger charge is -2.24. The highest BCUT2D eigenvalue weighted by molar-refractivity contribution is 6.05. The van der Waals surface area contributed by atoms with E-state index in [0.717, 1.165) is 5.56 Å². The Kier molecular flexibility index (Phi) is 11.1. The number of benzene rings is 1. The van der Waals surface area contributed by atoms with Gasteiger partial charge in [-0.15, -0.1) is 0 Å². The van der Waals surface area contributed by atoms with Crippen molar-refractivity contribution in [1.29, 1.82) is 0 Å². The third-order valence-electron chi connectivity index (χ3n) is 5.26. The molecular formula is C28H41N5O6. The molecule has 214 valence electrons. The van der Waals surface area contributed by atoms with Crippen LogP contribution in [0.2, 0.25) is 0 Å². The van der Waals surface area contributed by atoms with Gasteiger partial charge < -0.3 is 30.0 Å². The third-order valence-corrected chi connectivity index (χ3v) is 5.26. The fraction of sp³-hybridized carbons (Fsp3) is 0.536. The van der Waals surface area contributed by atoms with E-state index in [1.165, 1.54) is 11.2 Å². The number of amides is 3. The van der Waals surface area contributed by atoms with Gasteiger partial charge >= 0.3 is 12.1 Å². The predicted octanol–water partition coefficient (Wildman–Crippen LogP) is 3.82. The second-order valence-corrected chi connectivity index (χ2v) is 11.3. The summed E-state index contributed by atoms with van der Waals surface area (Å²) in [6, 6.07) is 8.49. The first kappa shape index (κ1) is 31.3. The summed E-state index contributed by atoms with van der Waals surface area (Å²) in [6.07, 6.45) is 2.06. The third kappa shape index (κ3) is 11.2. The number of ether oxygens (including phenoxy) is 2. The zero-order valence-corrected chi connectivity index (χ0v) is 23.9. The number of imidazole rings is 1. The quantitative estimate of drug-likeness (QED) is 0.289. The largest absolute Gasteiger partial charge is 0.458 e. The van der Waals surface area contributed by atoms with E-state index >= 15 is 0 Å². The van der Waals surface area contributed by atoms with Gasteiger partial charge in [0, 0.05) is 20.1 Å². The molecular weight excluding hydrogens is 502 g/mol. The van der Waals surface area contributed by atoms with Crippen LogP contribution in [0.25, 0.3) is 0 Å². The van der Waals surface area contributed by atoms with Crippen LogP contribution in [0.5, 0.6) is 0 Å². The van der Waals surface area contributed by atoms with Crippen LogP contribution in [-0.2, 0) is 20.8 Å². The lowest BCUT2D eigenvalue weighted by Crippen LogP contribution is -2.45. The fourth-order valence-electron chi connectivity index (χ4n) is 3.58. The molecule has 1 aromatic heterocycles. The molecule has 0 saturated heterocycles. The molecule has 0 bridgehead atoms. The Balaban J connectivity index is 2.03. The number of unbranched alkanes of at least 4 members (excludes halogenated alkanes) is 1. The van der Waals surface area contributed by atoms with Crippen molar-refractivity contribution in [3.05, 3.63) is 53.6 Å². The number of rotatable bonds is 11. The van der Waals surface area contributed by atoms with Crippen LogP contribution in [0.4, 0.5) is 4.79 Å². The molecule has 0 fully saturated rings. The second-order valence-electron chi connectivity index (χ2n) is 11.3. The number of esters is 1. The lowest BCUT2D eigenvalue weighted by molar-refractivity contribution is -0.157. The molecule has 1 atom stereocenters. The average Bonchev–Trinajstić information content (AvgIpc) is 3.31. The van der Waals surface area contributed by atoms with Gasteiger partial charge in [0.1, 0.15) is 22.9 Å². The maximum Gasteiger partial charge on any atom is 0.407 e. The number of carbonyl (C=O) groups excluding carboxylic acids is 4. The standard InChI is InChI=1S/C28H41N5O6/c1-27(2,3)38-25(36)20(15-11-12-16-29-26(37)39-28(4,5)6)32-23(34)21-22(31-18-30-21)24(35)33(7)17-19-13-9-8-10-14-19/h8-10,13-14,18,20H,11-12,15-17H2,1-7H3,(H,29,37)(H,30,31)(H,32,34)/t20-/m0/s1. The molecule has 11 nitrogen and oxygen atoms in total. The van der Waals surface area contributed by atoms with Crippen molar-refractivity contribution in [3.8, 4) is 0 Å². The number of nitrogens with zero attached hydrogens (tertiary/aromatic N) is 2. The zero-order chi connectivity index (χ0) is 29.2. The van der Waals surface area contributed by atoms with Gasteiger partial charge in [-0.05, 0) is 66.4 Å². The topological polar surface area (TPSA) is 143 Å². The summed E-state index contributed by atoms with van der Waals surface area (Å²) in [5.41, 5.74) is -0.508. The highest BCUT2D eigenvalue weighted by Gasteiger charge is 2.30. The van der Waals surface area contributed by atoms with E-state index in [0.29, 0.717) is 25.9 Å². The number of aromatic nitrogens is 2. The predicted molar refractivity (Wildman–Crippen MR) is 146 cm³/mol. The Hall–Kier alpha value is -3.89. The van der Waals surface area contributed by atoms with Crippen LogP contribution in [-0.4, -0.2) is 69.6 Å². The van der Waals surface area contributed by atoms with E-state index in [4.69, 9.17) is 9.47 Å². The summed E-state index contributed by atoms with van der Waals surface area (Å²) in [6.45, 7) is 11.2. The Labute approximate surface area is 230 Å². The molecule has 3 N–H and O–H groups in total. The van der Waals surface area contributed by atoms with Crippen molar-refractivity contribution in [2.75, 3.05) is 13.6 Å². The SMILES string of the molecule is CN(Cc1ccccc1)C(=O)c1[nH]cnc1C(=O)N[C@@H](CCCCNC(=O)OC(C)(C)C)C(=O)OC(C)(C)C. The van der Waals surface area contributed by atoms with Gasteiger partial charge in [-0.3, -0.25) is 9.59 Å². The van der Waals surface area contributed by atoms with Gasteiger partial charge in [0.05, 0.1) is 6.33 Å². The highest BCUT2D eigenvalue weighted by Crippen LogP contribution is 2.14. The summed E-state index contributed by atoms with van der Waals surface area (Å²) in [5, 5.41) is 5.35. The second kappa shape index (κ2) is 13.8. The Morgan fingerprint density at radius 2 is 1.62 bits per heavy atom. The van der Waals surface area contributed by atoms with E-state index in [1.54, 1.807) is 48.6 Å². The van der Waals surface area contributed by atoms with Gasteiger partial charge in [-0.2, -0.15) is 0 Å². The molecule has 11 heteroatoms. The minimum Gasteiger partial charge on any atom is -0.458 e. The molecule has 39 heavy (non-hydrogen) atoms. The van der Waals surface area contributed by atoms with Crippen LogP contribution in [0.3, 0.4) is 0 Å². The van der Waals surface area contributed by atoms with Crippen LogP contribution >= 0.6 is 0 Å². The molecule has 3 amide bonds. The monoisotopic (exact) mass is 543 g/mol. The molecule has 0 aliphatic rings. The van der Waals surface area contributed by atoms with Crippen LogP contribution in [0.1, 0.15) is 87.3 Å². The first-order valence-corrected chi connectivity index (χ1v) is 13.0. The van der Waals surface area contributed by atoms with Crippen molar-refractivity contribution in [3.63, 3.8) is 0 Å². The lowest BCUT2D eigenvalue weighted by atomic mass is 10.1. The molecule has 0 spiro atoms. The first-order valence-electron chi connectivity index (χ1n) is 13.0. The summed E-state index contributed by atoms with van der Waals surface area (Å²) >= 11 is 0. The fourth-order valence-corrected chi connectivity index (χ4v) is 3.58. The number of H-pyrrole nitrogens is 1. The number of carbonyl (C=O) groups is 4. The van der Waals surface area contributed by atoms with Crippen molar-refractivity contribution >= 4 is 23.9 Å². The van der Waals surface area contributed by atoms with E-state index in [-0.39, 0.29) is 17.8 Å². The molecule has 0 radical (unpaired) electrons. The highest BCUT2D eigenvalue weighted by atomic mass is 16.6. The first-order chi connectivity index (χ1) is 18.2. The minimum atomic E-state index is -0.972. The minimum absolute atomic E-state index is 0.0235. The Bertz CT molecular complexity index is 1120. The maximum absolute atomic E-state index is 13.2. The van der Waals surface area contributed by atoms with E-state index in [9.17, 15) is 19.2 Å². The zero-order valence-electron chi connectivity index (χ0n) is 23.9. The number of aromatic amines is 1. The molecule has 1 aromatic carbocycles. The molecule has 0 unspecified atom stereocenters. The van der Waals surface area contributed by atoms with Gasteiger partial charge in [0.25, 0.3) is 11.8 Å². The molecule has 2 rings (SSSR count). The molecule has 0 aliphatic heterocycles. The van der Waals surface area contributed by atoms with Crippen molar-refractivity contribution in [2.45, 2.75) is 84.6 Å². The normalized spacial score (nSPS) is 12.3.